The van der Waals surface area contributed by atoms with E-state index in [9.17, 15) is 27.6 Å². The van der Waals surface area contributed by atoms with Gasteiger partial charge in [0.2, 0.25) is 5.91 Å². The van der Waals surface area contributed by atoms with E-state index in [1.807, 2.05) is 24.3 Å². The summed E-state index contributed by atoms with van der Waals surface area (Å²) in [7, 11) is 0. The van der Waals surface area contributed by atoms with Crippen LogP contribution in [0.1, 0.15) is 56.6 Å². The Labute approximate surface area is 250 Å². The lowest BCUT2D eigenvalue weighted by Gasteiger charge is -2.14. The predicted octanol–water partition coefficient (Wildman–Crippen LogP) is 5.81. The van der Waals surface area contributed by atoms with Crippen molar-refractivity contribution in [1.82, 2.24) is 19.7 Å². The van der Waals surface area contributed by atoms with E-state index in [0.29, 0.717) is 35.1 Å². The summed E-state index contributed by atoms with van der Waals surface area (Å²) in [5.74, 6) is -2.09. The van der Waals surface area contributed by atoms with Crippen molar-refractivity contribution in [2.24, 2.45) is 11.7 Å². The van der Waals surface area contributed by atoms with Crippen molar-refractivity contribution >= 4 is 34.2 Å². The zero-order chi connectivity index (χ0) is 31.6. The molecule has 0 aliphatic heterocycles. The van der Waals surface area contributed by atoms with Crippen LogP contribution in [-0.2, 0) is 23.8 Å². The number of ketones is 1. The van der Waals surface area contributed by atoms with Crippen LogP contribution in [0.4, 0.5) is 18.9 Å². The number of alkyl halides is 3. The fourth-order valence-corrected chi connectivity index (χ4v) is 4.88. The number of hydrogen-bond acceptors (Lipinski definition) is 5. The van der Waals surface area contributed by atoms with E-state index in [4.69, 9.17) is 5.73 Å². The maximum Gasteiger partial charge on any atom is 0.416 e. The van der Waals surface area contributed by atoms with Gasteiger partial charge in [-0.3, -0.25) is 19.5 Å². The standard InChI is InChI=1S/C32H29F3N6O3/c1-18(30(36)43)10-28(42)29-26-9-8-21(12-27(26)39-40-29)7-6-20-4-3-5-24(11-20)38-31(44)22-13-23(32(33,34)35)15-25(14-22)41-17-37-16-19(41)2/h3-5,8-9,11-18H,6-7,10H2,1-2H3,(H2,36,43)(H,38,44)(H,39,40)/t18-/m1/s1. The lowest BCUT2D eigenvalue weighted by atomic mass is 9.99. The van der Waals surface area contributed by atoms with E-state index >= 15 is 0 Å². The smallest absolute Gasteiger partial charge is 0.369 e. The lowest BCUT2D eigenvalue weighted by molar-refractivity contribution is -0.137. The summed E-state index contributed by atoms with van der Waals surface area (Å²) in [6, 6.07) is 15.9. The number of halogens is 3. The molecule has 5 aromatic rings. The first-order valence-corrected chi connectivity index (χ1v) is 13.8. The first-order valence-electron chi connectivity index (χ1n) is 13.8. The second-order valence-electron chi connectivity index (χ2n) is 10.7. The molecule has 9 nitrogen and oxygen atoms in total. The van der Waals surface area contributed by atoms with Gasteiger partial charge in [0.05, 0.1) is 17.4 Å². The minimum atomic E-state index is -4.64. The second kappa shape index (κ2) is 12.2. The van der Waals surface area contributed by atoms with Crippen LogP contribution in [0.5, 0.6) is 0 Å². The summed E-state index contributed by atoms with van der Waals surface area (Å²) >= 11 is 0. The first-order chi connectivity index (χ1) is 20.9. The molecule has 0 saturated carbocycles. The molecule has 44 heavy (non-hydrogen) atoms. The highest BCUT2D eigenvalue weighted by Gasteiger charge is 2.32. The highest BCUT2D eigenvalue weighted by molar-refractivity contribution is 6.07. The highest BCUT2D eigenvalue weighted by Crippen LogP contribution is 2.32. The summed E-state index contributed by atoms with van der Waals surface area (Å²) in [5.41, 5.74) is 8.28. The minimum Gasteiger partial charge on any atom is -0.369 e. The monoisotopic (exact) mass is 602 g/mol. The molecule has 4 N–H and O–H groups in total. The van der Waals surface area contributed by atoms with Crippen molar-refractivity contribution in [2.45, 2.75) is 39.3 Å². The van der Waals surface area contributed by atoms with Crippen LogP contribution in [0, 0.1) is 12.8 Å². The summed E-state index contributed by atoms with van der Waals surface area (Å²) in [5, 5.41) is 10.4. The topological polar surface area (TPSA) is 136 Å². The number of nitrogens with one attached hydrogen (secondary N) is 2. The number of fused-ring (bicyclic) bond motifs is 1. The highest BCUT2D eigenvalue weighted by atomic mass is 19.4. The number of H-pyrrole nitrogens is 1. The normalized spacial score (nSPS) is 12.3. The lowest BCUT2D eigenvalue weighted by Crippen LogP contribution is -2.23. The Morgan fingerprint density at radius 3 is 2.45 bits per heavy atom. The fourth-order valence-electron chi connectivity index (χ4n) is 4.88. The molecule has 2 amide bonds. The summed E-state index contributed by atoms with van der Waals surface area (Å²) in [4.78, 5) is 41.0. The van der Waals surface area contributed by atoms with Crippen LogP contribution in [-0.4, -0.2) is 37.3 Å². The molecule has 0 aliphatic rings. The third-order valence-corrected chi connectivity index (χ3v) is 7.36. The Morgan fingerprint density at radius 2 is 1.77 bits per heavy atom. The van der Waals surface area contributed by atoms with Gasteiger partial charge in [-0.05, 0) is 67.3 Å². The van der Waals surface area contributed by atoms with Crippen LogP contribution in [0.15, 0.2) is 73.2 Å². The average molecular weight is 603 g/mol. The molecule has 2 aromatic heterocycles. The van der Waals surface area contributed by atoms with E-state index in [-0.39, 0.29) is 29.1 Å². The number of aromatic nitrogens is 4. The number of imidazole rings is 1. The van der Waals surface area contributed by atoms with Crippen molar-refractivity contribution in [3.05, 3.63) is 107 Å². The number of aryl methyl sites for hydroxylation is 3. The van der Waals surface area contributed by atoms with Gasteiger partial charge in [-0.1, -0.05) is 31.2 Å². The Hall–Kier alpha value is -5.26. The Balaban J connectivity index is 1.28. The Bertz CT molecular complexity index is 1870. The number of hydrogen-bond donors (Lipinski definition) is 3. The molecule has 1 atom stereocenters. The largest absolute Gasteiger partial charge is 0.416 e. The summed E-state index contributed by atoms with van der Waals surface area (Å²) < 4.78 is 42.5. The number of anilines is 1. The van der Waals surface area contributed by atoms with Crippen molar-refractivity contribution in [3.8, 4) is 5.69 Å². The molecule has 0 saturated heterocycles. The SMILES string of the molecule is Cc1cncn1-c1cc(C(=O)Nc2cccc(CCc3ccc4c(C(=O)C[C@@H](C)C(N)=O)n[nH]c4c3)c2)cc(C(F)(F)F)c1. The molecule has 226 valence electrons. The third kappa shape index (κ3) is 6.69. The number of carbonyl (C=O) groups excluding carboxylic acids is 3. The van der Waals surface area contributed by atoms with E-state index in [2.05, 4.69) is 20.5 Å². The summed E-state index contributed by atoms with van der Waals surface area (Å²) in [6.07, 6.45) is -0.505. The quantitative estimate of drug-likeness (QED) is 0.174. The maximum atomic E-state index is 13.7. The molecule has 0 radical (unpaired) electrons. The number of nitrogens with zero attached hydrogens (tertiary/aromatic N) is 3. The van der Waals surface area contributed by atoms with Crippen LogP contribution >= 0.6 is 0 Å². The number of Topliss-reactive ketones (excluding diaryl/α,β-unsaturated/α-hetero) is 1. The van der Waals surface area contributed by atoms with Crippen LogP contribution < -0.4 is 11.1 Å². The third-order valence-electron chi connectivity index (χ3n) is 7.36. The molecule has 0 unspecified atom stereocenters. The molecule has 5 rings (SSSR count). The van der Waals surface area contributed by atoms with Crippen LogP contribution in [0.25, 0.3) is 16.6 Å². The van der Waals surface area contributed by atoms with Crippen molar-refractivity contribution in [2.75, 3.05) is 5.32 Å². The molecular weight excluding hydrogens is 573 g/mol. The summed E-state index contributed by atoms with van der Waals surface area (Å²) in [6.45, 7) is 3.30. The average Bonchev–Trinajstić information content (AvgIpc) is 3.61. The van der Waals surface area contributed by atoms with Crippen LogP contribution in [0.2, 0.25) is 0 Å². The Kier molecular flexibility index (Phi) is 8.34. The number of primary amides is 1. The fraction of sp³-hybridized carbons (Fsp3) is 0.219. The maximum absolute atomic E-state index is 13.7. The van der Waals surface area contributed by atoms with Gasteiger partial charge in [-0.15, -0.1) is 0 Å². The zero-order valence-corrected chi connectivity index (χ0v) is 23.9. The van der Waals surface area contributed by atoms with Crippen molar-refractivity contribution in [3.63, 3.8) is 0 Å². The predicted molar refractivity (Wildman–Crippen MR) is 159 cm³/mol. The molecule has 0 aliphatic carbocycles. The van der Waals surface area contributed by atoms with E-state index in [1.165, 1.54) is 23.2 Å². The van der Waals surface area contributed by atoms with Gasteiger partial charge in [0.15, 0.2) is 5.78 Å². The van der Waals surface area contributed by atoms with Crippen molar-refractivity contribution in [1.29, 1.82) is 0 Å². The molecular formula is C32H29F3N6O3. The zero-order valence-electron chi connectivity index (χ0n) is 23.9. The second-order valence-corrected chi connectivity index (χ2v) is 10.7. The molecule has 0 bridgehead atoms. The number of carbonyl (C=O) groups is 3. The number of rotatable bonds is 10. The van der Waals surface area contributed by atoms with Gasteiger partial charge in [-0.25, -0.2) is 4.98 Å². The van der Waals surface area contributed by atoms with E-state index in [0.717, 1.165) is 23.3 Å². The Morgan fingerprint density at radius 1 is 1.02 bits per heavy atom. The van der Waals surface area contributed by atoms with Gasteiger partial charge in [-0.2, -0.15) is 18.3 Å². The van der Waals surface area contributed by atoms with E-state index < -0.39 is 29.5 Å². The number of nitrogens with two attached hydrogens (primary N) is 1. The minimum absolute atomic E-state index is 0.0247. The molecule has 0 spiro atoms. The van der Waals surface area contributed by atoms with Gasteiger partial charge in [0, 0.05) is 46.6 Å². The number of benzene rings is 3. The van der Waals surface area contributed by atoms with Gasteiger partial charge in [0.25, 0.3) is 5.91 Å². The van der Waals surface area contributed by atoms with E-state index in [1.54, 1.807) is 32.0 Å². The molecule has 0 fully saturated rings. The first kappa shape index (κ1) is 30.2. The number of aromatic amines is 1. The molecule has 2 heterocycles. The van der Waals surface area contributed by atoms with Crippen LogP contribution in [0.3, 0.4) is 0 Å². The van der Waals surface area contributed by atoms with Crippen molar-refractivity contribution < 1.29 is 27.6 Å². The number of amides is 2. The molecule has 3 aromatic carbocycles. The van der Waals surface area contributed by atoms with Gasteiger partial charge >= 0.3 is 6.18 Å². The van der Waals surface area contributed by atoms with Gasteiger partial charge in [0.1, 0.15) is 5.69 Å². The van der Waals surface area contributed by atoms with Gasteiger partial charge < -0.3 is 15.6 Å². The molecule has 12 heteroatoms.